The van der Waals surface area contributed by atoms with Crippen molar-refractivity contribution in [2.75, 3.05) is 23.7 Å². The molecule has 0 aliphatic carbocycles. The van der Waals surface area contributed by atoms with Crippen molar-refractivity contribution in [1.29, 1.82) is 0 Å². The smallest absolute Gasteiger partial charge is 0.748 e. The zero-order chi connectivity index (χ0) is 19.8. The van der Waals surface area contributed by atoms with Crippen molar-refractivity contribution < 1.29 is 57.2 Å². The normalized spacial score (nSPS) is 19.0. The topological polar surface area (TPSA) is 118 Å². The minimum atomic E-state index is -4.34. The van der Waals surface area contributed by atoms with E-state index in [1.807, 2.05) is 24.3 Å². The Hall–Kier alpha value is -0.600. The summed E-state index contributed by atoms with van der Waals surface area (Å²) in [5.74, 6) is -2.18. The minimum absolute atomic E-state index is 0. The molecule has 3 rings (SSSR count). The predicted octanol–water partition coefficient (Wildman–Crippen LogP) is -1.35. The van der Waals surface area contributed by atoms with E-state index in [0.717, 1.165) is 27.2 Å². The van der Waals surface area contributed by atoms with Crippen molar-refractivity contribution in [2.45, 2.75) is 11.3 Å². The average Bonchev–Trinajstić information content (AvgIpc) is 3.06. The van der Waals surface area contributed by atoms with Crippen molar-refractivity contribution in [3.63, 3.8) is 0 Å². The molecule has 13 heteroatoms. The zero-order valence-electron chi connectivity index (χ0n) is 14.7. The number of nitrogens with zero attached hydrogens (tertiary/aromatic N) is 2. The van der Waals surface area contributed by atoms with Crippen LogP contribution in [0.3, 0.4) is 0 Å². The molecule has 1 aromatic carbocycles. The number of carbonyl (C=O) groups excluding carboxylic acids is 1. The summed E-state index contributed by atoms with van der Waals surface area (Å²) < 4.78 is 32.9. The van der Waals surface area contributed by atoms with Crippen molar-refractivity contribution in [2.24, 2.45) is 0 Å². The molecule has 1 fully saturated rings. The summed E-state index contributed by atoms with van der Waals surface area (Å²) in [5.41, 5.74) is 0.796. The van der Waals surface area contributed by atoms with Crippen LogP contribution in [0, 0.1) is 0 Å². The van der Waals surface area contributed by atoms with Crippen molar-refractivity contribution in [1.82, 2.24) is 4.90 Å². The number of rotatable bonds is 6. The molecule has 1 saturated heterocycles. The molecular formula is C15H13N2NaO6S4. The van der Waals surface area contributed by atoms with E-state index < -0.39 is 34.3 Å². The van der Waals surface area contributed by atoms with E-state index in [1.54, 1.807) is 4.90 Å². The Morgan fingerprint density at radius 3 is 2.54 bits per heavy atom. The molecule has 0 unspecified atom stereocenters. The van der Waals surface area contributed by atoms with Crippen LogP contribution in [0.2, 0.25) is 0 Å². The van der Waals surface area contributed by atoms with E-state index in [4.69, 9.17) is 17.3 Å². The second-order valence-electron chi connectivity index (χ2n) is 5.62. The molecule has 28 heavy (non-hydrogen) atoms. The number of carboxylic acid groups (broad SMARTS) is 1. The van der Waals surface area contributed by atoms with E-state index in [0.29, 0.717) is 9.93 Å². The maximum absolute atomic E-state index is 12.7. The second kappa shape index (κ2) is 9.47. The Labute approximate surface area is 197 Å². The van der Waals surface area contributed by atoms with Gasteiger partial charge in [0.1, 0.15) is 20.8 Å². The van der Waals surface area contributed by atoms with Gasteiger partial charge in [-0.05, 0) is 18.6 Å². The summed E-state index contributed by atoms with van der Waals surface area (Å²) >= 11 is 7.48. The third-order valence-corrected chi connectivity index (χ3v) is 7.26. The van der Waals surface area contributed by atoms with Gasteiger partial charge in [-0.25, -0.2) is 8.42 Å². The van der Waals surface area contributed by atoms with Gasteiger partial charge in [-0.15, -0.1) is 0 Å². The molecule has 8 nitrogen and oxygen atoms in total. The summed E-state index contributed by atoms with van der Waals surface area (Å²) in [6.45, 7) is -0.294. The number of hydrogen-bond donors (Lipinski definition) is 1. The van der Waals surface area contributed by atoms with Gasteiger partial charge < -0.3 is 14.6 Å². The molecule has 0 saturated carbocycles. The van der Waals surface area contributed by atoms with Crippen LogP contribution in [0.4, 0.5) is 5.69 Å². The fourth-order valence-electron chi connectivity index (χ4n) is 2.62. The Balaban J connectivity index is 0.00000280. The first kappa shape index (κ1) is 23.7. The Kier molecular flexibility index (Phi) is 8.01. The first-order valence-corrected chi connectivity index (χ1v) is 11.3. The molecule has 144 valence electrons. The molecular weight excluding hydrogens is 455 g/mol. The monoisotopic (exact) mass is 468 g/mol. The molecule has 1 aromatic rings. The van der Waals surface area contributed by atoms with Crippen LogP contribution >= 0.6 is 35.7 Å². The van der Waals surface area contributed by atoms with Crippen molar-refractivity contribution in [3.05, 3.63) is 34.2 Å². The standard InChI is InChI=1S/C15H14N2O6S4.Na/c18-11(19)8-17-13(20)12(26-15(17)24)14-16(6-3-7-27(21,22)23)9-4-1-2-5-10(9)25-14;/h1-2,4-5H,3,6-8H2,(H,18,19)(H,21,22,23);/q;+1/p-1. The van der Waals surface area contributed by atoms with Gasteiger partial charge in [-0.3, -0.25) is 14.5 Å². The fourth-order valence-corrected chi connectivity index (χ4v) is 5.70. The number of amides is 1. The van der Waals surface area contributed by atoms with E-state index in [2.05, 4.69) is 0 Å². The molecule has 0 radical (unpaired) electrons. The van der Waals surface area contributed by atoms with Gasteiger partial charge in [0.15, 0.2) is 0 Å². The zero-order valence-corrected chi connectivity index (χ0v) is 19.9. The summed E-state index contributed by atoms with van der Waals surface area (Å²) in [4.78, 5) is 27.6. The Morgan fingerprint density at radius 2 is 1.89 bits per heavy atom. The van der Waals surface area contributed by atoms with Gasteiger partial charge in [0.2, 0.25) is 0 Å². The Morgan fingerprint density at radius 1 is 1.21 bits per heavy atom. The molecule has 0 aromatic heterocycles. The molecule has 0 spiro atoms. The van der Waals surface area contributed by atoms with Gasteiger partial charge in [-0.2, -0.15) is 0 Å². The molecule has 2 aliphatic heterocycles. The average molecular weight is 469 g/mol. The van der Waals surface area contributed by atoms with Gasteiger partial charge in [-0.1, -0.05) is 47.9 Å². The number of hydrogen-bond acceptors (Lipinski definition) is 9. The van der Waals surface area contributed by atoms with Gasteiger partial charge >= 0.3 is 35.5 Å². The number of anilines is 1. The molecule has 1 amide bonds. The number of carbonyl (C=O) groups is 2. The number of fused-ring (bicyclic) bond motifs is 1. The van der Waals surface area contributed by atoms with Crippen LogP contribution in [0.1, 0.15) is 6.42 Å². The quantitative estimate of drug-likeness (QED) is 0.232. The largest absolute Gasteiger partial charge is 1.00 e. The van der Waals surface area contributed by atoms with Crippen LogP contribution in [-0.2, 0) is 19.7 Å². The maximum atomic E-state index is 12.7. The van der Waals surface area contributed by atoms with Crippen LogP contribution in [0.15, 0.2) is 39.1 Å². The predicted molar refractivity (Wildman–Crippen MR) is 105 cm³/mol. The SMILES string of the molecule is O=C(O)CN1C(=O)C(=C2Sc3ccccc3N2CCCS(=O)(=O)[O-])SC1=S.[Na+]. The first-order valence-electron chi connectivity index (χ1n) is 7.65. The van der Waals surface area contributed by atoms with E-state index in [9.17, 15) is 22.6 Å². The third-order valence-electron chi connectivity index (χ3n) is 3.72. The van der Waals surface area contributed by atoms with E-state index in [1.165, 1.54) is 11.8 Å². The van der Waals surface area contributed by atoms with Gasteiger partial charge in [0, 0.05) is 17.2 Å². The van der Waals surface area contributed by atoms with Crippen molar-refractivity contribution in [3.8, 4) is 0 Å². The summed E-state index contributed by atoms with van der Waals surface area (Å²) in [6.07, 6.45) is 0.0969. The Bertz CT molecular complexity index is 965. The fraction of sp³-hybridized carbons (Fsp3) is 0.267. The first-order chi connectivity index (χ1) is 12.7. The number of thioether (sulfide) groups is 2. The molecule has 1 N–H and O–H groups in total. The summed E-state index contributed by atoms with van der Waals surface area (Å²) in [7, 11) is -4.34. The van der Waals surface area contributed by atoms with E-state index >= 15 is 0 Å². The number of para-hydroxylation sites is 1. The van der Waals surface area contributed by atoms with Crippen LogP contribution in [0.5, 0.6) is 0 Å². The maximum Gasteiger partial charge on any atom is 1.00 e. The van der Waals surface area contributed by atoms with Crippen molar-refractivity contribution >= 4 is 67.7 Å². The van der Waals surface area contributed by atoms with Gasteiger partial charge in [0.05, 0.1) is 15.8 Å². The second-order valence-corrected chi connectivity index (χ2v) is 9.82. The summed E-state index contributed by atoms with van der Waals surface area (Å²) in [6, 6.07) is 7.35. The third kappa shape index (κ3) is 5.30. The molecule has 2 heterocycles. The summed E-state index contributed by atoms with van der Waals surface area (Å²) in [5, 5.41) is 9.53. The van der Waals surface area contributed by atoms with Gasteiger partial charge in [0.25, 0.3) is 5.91 Å². The molecule has 0 bridgehead atoms. The number of thiocarbonyl (C=S) groups is 1. The molecule has 0 atom stereocenters. The van der Waals surface area contributed by atoms with Crippen LogP contribution < -0.4 is 34.5 Å². The van der Waals surface area contributed by atoms with E-state index in [-0.39, 0.29) is 46.8 Å². The molecule has 2 aliphatic rings. The number of benzene rings is 1. The number of aliphatic carboxylic acids is 1. The minimum Gasteiger partial charge on any atom is -0.748 e. The number of carboxylic acids is 1. The van der Waals surface area contributed by atoms with Crippen LogP contribution in [0.25, 0.3) is 0 Å². The van der Waals surface area contributed by atoms with Crippen LogP contribution in [-0.4, -0.2) is 58.0 Å².